The molecule has 1 aliphatic rings. The summed E-state index contributed by atoms with van der Waals surface area (Å²) in [6, 6.07) is 0. The average molecular weight is 172 g/mol. The summed E-state index contributed by atoms with van der Waals surface area (Å²) >= 11 is 0. The zero-order chi connectivity index (χ0) is 8.86. The molecule has 1 heterocycles. The van der Waals surface area contributed by atoms with Crippen LogP contribution in [0.2, 0.25) is 13.6 Å². The molecule has 0 aromatic heterocycles. The third-order valence-electron chi connectivity index (χ3n) is 2.82. The van der Waals surface area contributed by atoms with Gasteiger partial charge in [0, 0.05) is 5.16 Å². The van der Waals surface area contributed by atoms with E-state index in [2.05, 4.69) is 41.3 Å². The molecule has 0 aromatic carbocycles. The molecule has 0 radical (unpaired) electrons. The lowest BCUT2D eigenvalue weighted by Gasteiger charge is -2.59. The summed E-state index contributed by atoms with van der Waals surface area (Å²) in [6.45, 7) is 13.5. The van der Waals surface area contributed by atoms with E-state index in [4.69, 9.17) is 4.52 Å². The van der Waals surface area contributed by atoms with Crippen molar-refractivity contribution in [3.63, 3.8) is 0 Å². The Kier molecular flexibility index (Phi) is 2.14. The van der Waals surface area contributed by atoms with Gasteiger partial charge in [-0.25, -0.2) is 0 Å². The largest absolute Gasteiger partial charge is 0.361 e. The summed E-state index contributed by atoms with van der Waals surface area (Å²) in [4.78, 5) is 0. The summed E-state index contributed by atoms with van der Waals surface area (Å²) in [6.07, 6.45) is 0.702. The molecule has 3 heteroatoms. The van der Waals surface area contributed by atoms with Gasteiger partial charge in [-0.15, -0.1) is 0 Å². The zero-order valence-electron chi connectivity index (χ0n) is 8.43. The van der Waals surface area contributed by atoms with Crippen molar-refractivity contribution in [2.24, 2.45) is 0 Å². The quantitative estimate of drug-likeness (QED) is 0.435. The van der Waals surface area contributed by atoms with Gasteiger partial charge in [-0.3, -0.25) is 0 Å². The summed E-state index contributed by atoms with van der Waals surface area (Å²) in [5, 5.41) is 0.399. The molecule has 0 bridgehead atoms. The van der Waals surface area contributed by atoms with Crippen LogP contribution in [-0.4, -0.2) is 17.2 Å². The lowest BCUT2D eigenvalue weighted by atomic mass is 9.84. The topological polar surface area (TPSA) is 9.23 Å². The van der Waals surface area contributed by atoms with E-state index in [0.29, 0.717) is 11.6 Å². The van der Waals surface area contributed by atoms with Gasteiger partial charge in [0.2, 0.25) is 0 Å². The van der Waals surface area contributed by atoms with Crippen LogP contribution >= 0.6 is 8.03 Å². The fraction of sp³-hybridized carbons (Fsp3) is 1.00. The minimum absolute atomic E-state index is 0.100. The van der Waals surface area contributed by atoms with Crippen molar-refractivity contribution in [3.8, 4) is 0 Å². The first-order chi connectivity index (χ1) is 4.79. The minimum atomic E-state index is -0.188. The third-order valence-corrected chi connectivity index (χ3v) is 6.05. The molecular formula is C8H18BOP. The Balaban J connectivity index is 2.69. The van der Waals surface area contributed by atoms with Gasteiger partial charge >= 0.3 is 0 Å². The number of rotatable bonds is 1. The van der Waals surface area contributed by atoms with E-state index in [1.54, 1.807) is 0 Å². The highest BCUT2D eigenvalue weighted by molar-refractivity contribution is 7.88. The van der Waals surface area contributed by atoms with Gasteiger partial charge in [-0.05, 0) is 21.9 Å². The molecule has 1 aliphatic heterocycles. The van der Waals surface area contributed by atoms with Crippen LogP contribution in [0.15, 0.2) is 0 Å². The van der Waals surface area contributed by atoms with Crippen LogP contribution in [0, 0.1) is 0 Å². The maximum Gasteiger partial charge on any atom is 0.199 e. The fourth-order valence-corrected chi connectivity index (χ4v) is 4.35. The second kappa shape index (κ2) is 2.47. The van der Waals surface area contributed by atoms with Gasteiger partial charge in [-0.1, -0.05) is 27.5 Å². The van der Waals surface area contributed by atoms with E-state index in [1.165, 1.54) is 0 Å². The fourth-order valence-electron chi connectivity index (χ4n) is 1.45. The Labute approximate surface area is 71.8 Å². The van der Waals surface area contributed by atoms with E-state index in [0.717, 1.165) is 0 Å². The molecule has 11 heavy (non-hydrogen) atoms. The molecule has 1 rings (SSSR count). The van der Waals surface area contributed by atoms with Gasteiger partial charge < -0.3 is 4.52 Å². The molecule has 1 atom stereocenters. The van der Waals surface area contributed by atoms with E-state index in [-0.39, 0.29) is 13.6 Å². The molecule has 0 aromatic rings. The molecule has 0 N–H and O–H groups in total. The van der Waals surface area contributed by atoms with Gasteiger partial charge in [0.05, 0.1) is 5.60 Å². The molecule has 1 fully saturated rings. The molecule has 1 nitrogen and oxygen atoms in total. The van der Waals surface area contributed by atoms with Crippen LogP contribution in [0.5, 0.6) is 0 Å². The highest BCUT2D eigenvalue weighted by Crippen LogP contribution is 2.69. The van der Waals surface area contributed by atoms with E-state index in [1.807, 2.05) is 0 Å². The van der Waals surface area contributed by atoms with Crippen LogP contribution in [0.4, 0.5) is 0 Å². The molecule has 0 aliphatic carbocycles. The predicted molar refractivity (Wildman–Crippen MR) is 53.6 cm³/mol. The molecule has 1 saturated heterocycles. The molecular weight excluding hydrogens is 154 g/mol. The second-order valence-corrected chi connectivity index (χ2v) is 7.57. The summed E-state index contributed by atoms with van der Waals surface area (Å²) in [5.41, 5.74) is 0.100. The lowest BCUT2D eigenvalue weighted by molar-refractivity contribution is 0.0307. The number of hydrogen-bond acceptors (Lipinski definition) is 1. The number of hydrogen-bond donors (Lipinski definition) is 0. The first-order valence-electron chi connectivity index (χ1n) is 4.27. The van der Waals surface area contributed by atoms with Crippen molar-refractivity contribution in [1.29, 1.82) is 0 Å². The Bertz CT molecular complexity index is 165. The highest BCUT2D eigenvalue weighted by atomic mass is 31.1. The van der Waals surface area contributed by atoms with E-state index >= 15 is 0 Å². The zero-order valence-corrected chi connectivity index (χ0v) is 9.33. The standard InChI is InChI=1S/C8H18BOP/c1-7(2)8(3,4)11(10-7)9(5)6/h1-6H3. The lowest BCUT2D eigenvalue weighted by Crippen LogP contribution is -2.56. The van der Waals surface area contributed by atoms with Crippen molar-refractivity contribution < 1.29 is 4.52 Å². The van der Waals surface area contributed by atoms with Gasteiger partial charge in [0.25, 0.3) is 0 Å². The maximum absolute atomic E-state index is 5.87. The van der Waals surface area contributed by atoms with Gasteiger partial charge in [-0.2, -0.15) is 0 Å². The van der Waals surface area contributed by atoms with Crippen LogP contribution in [0.3, 0.4) is 0 Å². The maximum atomic E-state index is 5.87. The van der Waals surface area contributed by atoms with Crippen LogP contribution < -0.4 is 0 Å². The Hall–Kier alpha value is 0.455. The Morgan fingerprint density at radius 1 is 1.09 bits per heavy atom. The molecule has 0 amide bonds. The van der Waals surface area contributed by atoms with Crippen molar-refractivity contribution >= 4 is 14.5 Å². The monoisotopic (exact) mass is 172 g/mol. The van der Waals surface area contributed by atoms with Gasteiger partial charge in [0.1, 0.15) is 0 Å². The molecule has 0 spiro atoms. The van der Waals surface area contributed by atoms with Crippen molar-refractivity contribution in [2.75, 3.05) is 0 Å². The van der Waals surface area contributed by atoms with Crippen molar-refractivity contribution in [1.82, 2.24) is 0 Å². The predicted octanol–water partition coefficient (Wildman–Crippen LogP) is 3.22. The first-order valence-corrected chi connectivity index (χ1v) is 5.60. The van der Waals surface area contributed by atoms with Crippen LogP contribution in [-0.2, 0) is 4.52 Å². The van der Waals surface area contributed by atoms with Crippen molar-refractivity contribution in [2.45, 2.75) is 52.1 Å². The third kappa shape index (κ3) is 1.25. The molecule has 64 valence electrons. The first kappa shape index (κ1) is 9.54. The van der Waals surface area contributed by atoms with E-state index in [9.17, 15) is 0 Å². The van der Waals surface area contributed by atoms with Crippen LogP contribution in [0.25, 0.3) is 0 Å². The summed E-state index contributed by atoms with van der Waals surface area (Å²) in [7, 11) is -0.188. The Morgan fingerprint density at radius 3 is 1.64 bits per heavy atom. The average Bonchev–Trinajstić information content (AvgIpc) is 1.82. The second-order valence-electron chi connectivity index (χ2n) is 4.58. The smallest absolute Gasteiger partial charge is 0.199 e. The minimum Gasteiger partial charge on any atom is -0.361 e. The molecule has 1 unspecified atom stereocenters. The van der Waals surface area contributed by atoms with E-state index < -0.39 is 0 Å². The normalized spacial score (nSPS) is 32.7. The van der Waals surface area contributed by atoms with Crippen molar-refractivity contribution in [3.05, 3.63) is 0 Å². The Morgan fingerprint density at radius 2 is 1.55 bits per heavy atom. The summed E-state index contributed by atoms with van der Waals surface area (Å²) < 4.78 is 5.87. The van der Waals surface area contributed by atoms with Gasteiger partial charge in [0.15, 0.2) is 6.43 Å². The SMILES string of the molecule is CB(C)P1OC(C)(C)C1(C)C. The molecule has 0 saturated carbocycles. The summed E-state index contributed by atoms with van der Waals surface area (Å²) in [5.74, 6) is 0. The van der Waals surface area contributed by atoms with Crippen LogP contribution in [0.1, 0.15) is 27.7 Å². The highest BCUT2D eigenvalue weighted by Gasteiger charge is 2.56.